The second-order valence-electron chi connectivity index (χ2n) is 7.03. The van der Waals surface area contributed by atoms with Crippen LogP contribution in [0.2, 0.25) is 0 Å². The van der Waals surface area contributed by atoms with Gasteiger partial charge in [-0.1, -0.05) is 12.2 Å². The van der Waals surface area contributed by atoms with Gasteiger partial charge in [-0.3, -0.25) is 4.90 Å². The van der Waals surface area contributed by atoms with Crippen LogP contribution in [0, 0.1) is 11.3 Å². The Balaban J connectivity index is 1.77. The SMILES string of the molecule is CC1CN(c2csc3c2/C=C\CC/C(F)=C\3)CC(C)N1CCCC#N. The van der Waals surface area contributed by atoms with Crippen LogP contribution in [0.15, 0.2) is 17.3 Å². The molecule has 1 aromatic rings. The molecule has 0 N–H and O–H groups in total. The third-order valence-corrected chi connectivity index (χ3v) is 6.04. The first-order valence-corrected chi connectivity index (χ1v) is 10.00. The molecule has 0 radical (unpaired) electrons. The van der Waals surface area contributed by atoms with Crippen molar-refractivity contribution in [3.8, 4) is 6.07 Å². The lowest BCUT2D eigenvalue weighted by molar-refractivity contribution is 0.131. The predicted octanol–water partition coefficient (Wildman–Crippen LogP) is 5.07. The first-order valence-electron chi connectivity index (χ1n) is 9.12. The quantitative estimate of drug-likeness (QED) is 0.703. The van der Waals surface area contributed by atoms with Gasteiger partial charge in [0.05, 0.1) is 11.8 Å². The molecule has 0 amide bonds. The largest absolute Gasteiger partial charge is 0.367 e. The van der Waals surface area contributed by atoms with E-state index in [1.807, 2.05) is 0 Å². The summed E-state index contributed by atoms with van der Waals surface area (Å²) in [7, 11) is 0. The van der Waals surface area contributed by atoms with Crippen molar-refractivity contribution in [2.24, 2.45) is 0 Å². The third-order valence-electron chi connectivity index (χ3n) is 5.11. The number of thiophene rings is 1. The highest BCUT2D eigenvalue weighted by atomic mass is 32.1. The van der Waals surface area contributed by atoms with Gasteiger partial charge in [-0.2, -0.15) is 5.26 Å². The summed E-state index contributed by atoms with van der Waals surface area (Å²) in [5.41, 5.74) is 2.40. The minimum Gasteiger partial charge on any atom is -0.367 e. The van der Waals surface area contributed by atoms with Crippen LogP contribution in [0.5, 0.6) is 0 Å². The molecule has 134 valence electrons. The van der Waals surface area contributed by atoms with Gasteiger partial charge in [0, 0.05) is 53.8 Å². The molecule has 1 aliphatic carbocycles. The molecule has 3 rings (SSSR count). The zero-order valence-electron chi connectivity index (χ0n) is 15.0. The standard InChI is InChI=1S/C20H26FN3S/c1-15-12-23(13-16(2)24(15)10-6-5-9-22)19-14-25-20-11-17(21)7-3-4-8-18(19)20/h4,8,11,14-16H,3,5-7,10,12-13H2,1-2H3/b8-4-,17-11+. The van der Waals surface area contributed by atoms with Crippen LogP contribution in [0.3, 0.4) is 0 Å². The summed E-state index contributed by atoms with van der Waals surface area (Å²) in [6.45, 7) is 7.46. The summed E-state index contributed by atoms with van der Waals surface area (Å²) in [6, 6.07) is 3.13. The van der Waals surface area contributed by atoms with Crippen molar-refractivity contribution in [2.75, 3.05) is 24.5 Å². The number of fused-ring (bicyclic) bond motifs is 1. The second-order valence-corrected chi connectivity index (χ2v) is 7.94. The van der Waals surface area contributed by atoms with Gasteiger partial charge in [0.2, 0.25) is 0 Å². The number of hydrogen-bond donors (Lipinski definition) is 0. The molecule has 1 fully saturated rings. The number of hydrogen-bond acceptors (Lipinski definition) is 4. The maximum Gasteiger partial charge on any atom is 0.102 e. The molecular weight excluding hydrogens is 333 g/mol. The first kappa shape index (κ1) is 18.2. The number of nitriles is 1. The second kappa shape index (κ2) is 8.16. The van der Waals surface area contributed by atoms with Crippen LogP contribution in [-0.2, 0) is 0 Å². The van der Waals surface area contributed by atoms with Gasteiger partial charge in [0.25, 0.3) is 0 Å². The molecule has 1 aliphatic heterocycles. The number of rotatable bonds is 4. The van der Waals surface area contributed by atoms with Gasteiger partial charge in [0.1, 0.15) is 5.83 Å². The molecule has 25 heavy (non-hydrogen) atoms. The van der Waals surface area contributed by atoms with E-state index < -0.39 is 0 Å². The molecular formula is C20H26FN3S. The minimum absolute atomic E-state index is 0.0250. The Kier molecular flexibility index (Phi) is 5.93. The molecule has 0 aromatic carbocycles. The lowest BCUT2D eigenvalue weighted by Crippen LogP contribution is -2.57. The Labute approximate surface area is 154 Å². The summed E-state index contributed by atoms with van der Waals surface area (Å²) in [4.78, 5) is 5.99. The molecule has 2 unspecified atom stereocenters. The third kappa shape index (κ3) is 4.13. The monoisotopic (exact) mass is 359 g/mol. The van der Waals surface area contributed by atoms with Crippen LogP contribution in [0.25, 0.3) is 12.2 Å². The van der Waals surface area contributed by atoms with Crippen LogP contribution in [0.4, 0.5) is 10.1 Å². The summed E-state index contributed by atoms with van der Waals surface area (Å²) >= 11 is 1.63. The Morgan fingerprint density at radius 3 is 2.80 bits per heavy atom. The van der Waals surface area contributed by atoms with Crippen molar-refractivity contribution in [1.29, 1.82) is 5.26 Å². The minimum atomic E-state index is -0.0250. The summed E-state index contributed by atoms with van der Waals surface area (Å²) in [5, 5.41) is 10.9. The normalized spacial score (nSPS) is 27.6. The highest BCUT2D eigenvalue weighted by Crippen LogP contribution is 2.37. The van der Waals surface area contributed by atoms with E-state index in [0.717, 1.165) is 42.9 Å². The van der Waals surface area contributed by atoms with Gasteiger partial charge >= 0.3 is 0 Å². The molecule has 0 bridgehead atoms. The van der Waals surface area contributed by atoms with E-state index in [-0.39, 0.29) is 5.83 Å². The molecule has 0 spiro atoms. The first-order chi connectivity index (χ1) is 12.1. The van der Waals surface area contributed by atoms with Crippen molar-refractivity contribution >= 4 is 29.2 Å². The maximum atomic E-state index is 13.9. The van der Waals surface area contributed by atoms with Gasteiger partial charge in [0.15, 0.2) is 0 Å². The molecule has 0 saturated carbocycles. The number of anilines is 1. The Morgan fingerprint density at radius 1 is 1.32 bits per heavy atom. The lowest BCUT2D eigenvalue weighted by atomic mass is 10.0. The van der Waals surface area contributed by atoms with Crippen molar-refractivity contribution < 1.29 is 4.39 Å². The molecule has 2 aliphatic rings. The molecule has 5 heteroatoms. The van der Waals surface area contributed by atoms with Crippen LogP contribution >= 0.6 is 11.3 Å². The predicted molar refractivity (Wildman–Crippen MR) is 104 cm³/mol. The Bertz CT molecular complexity index is 688. The van der Waals surface area contributed by atoms with Gasteiger partial charge in [-0.25, -0.2) is 4.39 Å². The van der Waals surface area contributed by atoms with Gasteiger partial charge < -0.3 is 4.90 Å². The van der Waals surface area contributed by atoms with E-state index in [0.29, 0.717) is 24.9 Å². The number of allylic oxidation sites excluding steroid dienone is 2. The summed E-state index contributed by atoms with van der Waals surface area (Å²) < 4.78 is 13.9. The Morgan fingerprint density at radius 2 is 2.08 bits per heavy atom. The zero-order valence-corrected chi connectivity index (χ0v) is 15.9. The van der Waals surface area contributed by atoms with Crippen molar-refractivity contribution in [1.82, 2.24) is 4.90 Å². The maximum absolute atomic E-state index is 13.9. The smallest absolute Gasteiger partial charge is 0.102 e. The number of halogens is 1. The molecule has 3 nitrogen and oxygen atoms in total. The fourth-order valence-electron chi connectivity index (χ4n) is 3.87. The molecule has 2 atom stereocenters. The molecule has 1 aromatic heterocycles. The van der Waals surface area contributed by atoms with Crippen LogP contribution in [-0.4, -0.2) is 36.6 Å². The number of nitrogens with zero attached hydrogens (tertiary/aromatic N) is 3. The van der Waals surface area contributed by atoms with E-state index >= 15 is 0 Å². The number of piperazine rings is 1. The highest BCUT2D eigenvalue weighted by molar-refractivity contribution is 7.11. The number of unbranched alkanes of at least 4 members (excludes halogenated alkanes) is 1. The van der Waals surface area contributed by atoms with Crippen LogP contribution < -0.4 is 4.90 Å². The van der Waals surface area contributed by atoms with Gasteiger partial charge in [-0.15, -0.1) is 11.3 Å². The highest BCUT2D eigenvalue weighted by Gasteiger charge is 2.30. The summed E-state index contributed by atoms with van der Waals surface area (Å²) in [6.07, 6.45) is 8.78. The average molecular weight is 360 g/mol. The van der Waals surface area contributed by atoms with Crippen molar-refractivity contribution in [2.45, 2.75) is 51.6 Å². The molecule has 2 heterocycles. The van der Waals surface area contributed by atoms with Crippen molar-refractivity contribution in [3.05, 3.63) is 27.7 Å². The zero-order chi connectivity index (χ0) is 17.8. The molecule has 1 saturated heterocycles. The topological polar surface area (TPSA) is 30.3 Å². The van der Waals surface area contributed by atoms with E-state index in [1.165, 1.54) is 5.69 Å². The van der Waals surface area contributed by atoms with E-state index in [4.69, 9.17) is 5.26 Å². The van der Waals surface area contributed by atoms with Crippen LogP contribution in [0.1, 0.15) is 50.0 Å². The average Bonchev–Trinajstić information content (AvgIpc) is 2.94. The van der Waals surface area contributed by atoms with E-state index in [9.17, 15) is 4.39 Å². The fourth-order valence-corrected chi connectivity index (χ4v) is 4.88. The van der Waals surface area contributed by atoms with Crippen molar-refractivity contribution in [3.63, 3.8) is 0 Å². The van der Waals surface area contributed by atoms with E-state index in [2.05, 4.69) is 47.2 Å². The van der Waals surface area contributed by atoms with Gasteiger partial charge in [-0.05, 0) is 39.3 Å². The fraction of sp³-hybridized carbons (Fsp3) is 0.550. The Hall–Kier alpha value is -1.64. The lowest BCUT2D eigenvalue weighted by Gasteiger charge is -2.45. The van der Waals surface area contributed by atoms with E-state index in [1.54, 1.807) is 17.4 Å². The summed E-state index contributed by atoms with van der Waals surface area (Å²) in [5.74, 6) is -0.0250.